The molecule has 2 heteroatoms. The summed E-state index contributed by atoms with van der Waals surface area (Å²) < 4.78 is 12.9. The lowest BCUT2D eigenvalue weighted by molar-refractivity contribution is 0.340. The molecule has 2 unspecified atom stereocenters. The summed E-state index contributed by atoms with van der Waals surface area (Å²) in [6, 6.07) is 7.67. The fourth-order valence-electron chi connectivity index (χ4n) is 2.18. The van der Waals surface area contributed by atoms with E-state index < -0.39 is 0 Å². The van der Waals surface area contributed by atoms with E-state index in [1.165, 1.54) is 17.7 Å². The van der Waals surface area contributed by atoms with E-state index in [9.17, 15) is 4.39 Å². The summed E-state index contributed by atoms with van der Waals surface area (Å²) in [6.45, 7) is 8.83. The standard InChI is InChI=1S/C15H24FN/c1-5-14(11(3)4)17-15(6-2)12-7-9-13(16)10-8-12/h7-11,14-15,17H,5-6H2,1-4H3. The Labute approximate surface area is 104 Å². The van der Waals surface area contributed by atoms with Gasteiger partial charge in [0, 0.05) is 12.1 Å². The second-order valence-electron chi connectivity index (χ2n) is 4.94. The van der Waals surface area contributed by atoms with Gasteiger partial charge in [0.1, 0.15) is 5.82 Å². The van der Waals surface area contributed by atoms with Crippen LogP contribution in [0.1, 0.15) is 52.1 Å². The van der Waals surface area contributed by atoms with Crippen LogP contribution in [0.4, 0.5) is 4.39 Å². The fraction of sp³-hybridized carbons (Fsp3) is 0.600. The lowest BCUT2D eigenvalue weighted by atomic mass is 9.97. The third-order valence-corrected chi connectivity index (χ3v) is 3.34. The summed E-state index contributed by atoms with van der Waals surface area (Å²) >= 11 is 0. The minimum atomic E-state index is -0.167. The topological polar surface area (TPSA) is 12.0 Å². The number of rotatable bonds is 6. The van der Waals surface area contributed by atoms with Gasteiger partial charge in [-0.05, 0) is 36.5 Å². The second kappa shape index (κ2) is 6.75. The minimum absolute atomic E-state index is 0.167. The first-order chi connectivity index (χ1) is 8.08. The van der Waals surface area contributed by atoms with Crippen LogP contribution in [0.3, 0.4) is 0 Å². The Balaban J connectivity index is 2.74. The molecule has 0 spiro atoms. The van der Waals surface area contributed by atoms with Crippen LogP contribution in [0.15, 0.2) is 24.3 Å². The summed E-state index contributed by atoms with van der Waals surface area (Å²) in [7, 11) is 0. The zero-order valence-electron chi connectivity index (χ0n) is 11.3. The highest BCUT2D eigenvalue weighted by molar-refractivity contribution is 5.20. The van der Waals surface area contributed by atoms with Gasteiger partial charge in [-0.25, -0.2) is 4.39 Å². The zero-order chi connectivity index (χ0) is 12.8. The molecule has 0 saturated carbocycles. The monoisotopic (exact) mass is 237 g/mol. The predicted octanol–water partition coefficient (Wildman–Crippen LogP) is 4.30. The first-order valence-electron chi connectivity index (χ1n) is 6.60. The zero-order valence-corrected chi connectivity index (χ0v) is 11.3. The highest BCUT2D eigenvalue weighted by Gasteiger charge is 2.16. The summed E-state index contributed by atoms with van der Waals surface area (Å²) in [6.07, 6.45) is 2.14. The molecule has 0 amide bonds. The first kappa shape index (κ1) is 14.2. The molecule has 1 aromatic rings. The van der Waals surface area contributed by atoms with Crippen molar-refractivity contribution in [3.63, 3.8) is 0 Å². The van der Waals surface area contributed by atoms with Crippen molar-refractivity contribution in [2.24, 2.45) is 5.92 Å². The second-order valence-corrected chi connectivity index (χ2v) is 4.94. The molecule has 0 saturated heterocycles. The summed E-state index contributed by atoms with van der Waals surface area (Å²) in [5.41, 5.74) is 1.17. The largest absolute Gasteiger partial charge is 0.307 e. The maximum Gasteiger partial charge on any atom is 0.123 e. The molecular formula is C15H24FN. The van der Waals surface area contributed by atoms with E-state index in [2.05, 4.69) is 33.0 Å². The van der Waals surface area contributed by atoms with E-state index in [4.69, 9.17) is 0 Å². The Morgan fingerprint density at radius 3 is 2.06 bits per heavy atom. The molecule has 0 aliphatic rings. The van der Waals surface area contributed by atoms with Gasteiger partial charge in [0.2, 0.25) is 0 Å². The normalized spacial score (nSPS) is 14.9. The Bertz CT molecular complexity index is 318. The number of nitrogens with one attached hydrogen (secondary N) is 1. The van der Waals surface area contributed by atoms with Gasteiger partial charge in [0.15, 0.2) is 0 Å². The number of halogens is 1. The quantitative estimate of drug-likeness (QED) is 0.777. The van der Waals surface area contributed by atoms with Crippen LogP contribution in [0, 0.1) is 11.7 Å². The highest BCUT2D eigenvalue weighted by atomic mass is 19.1. The van der Waals surface area contributed by atoms with E-state index >= 15 is 0 Å². The van der Waals surface area contributed by atoms with Gasteiger partial charge in [-0.2, -0.15) is 0 Å². The SMILES string of the molecule is CCC(NC(CC)C(C)C)c1ccc(F)cc1. The molecule has 0 heterocycles. The van der Waals surface area contributed by atoms with Crippen LogP contribution in [0.5, 0.6) is 0 Å². The van der Waals surface area contributed by atoms with Crippen molar-refractivity contribution in [1.29, 1.82) is 0 Å². The minimum Gasteiger partial charge on any atom is -0.307 e. The molecule has 0 aromatic heterocycles. The lowest BCUT2D eigenvalue weighted by Crippen LogP contribution is -2.36. The van der Waals surface area contributed by atoms with Crippen LogP contribution >= 0.6 is 0 Å². The first-order valence-corrected chi connectivity index (χ1v) is 6.60. The Hall–Kier alpha value is -0.890. The molecular weight excluding hydrogens is 213 g/mol. The van der Waals surface area contributed by atoms with Gasteiger partial charge in [-0.3, -0.25) is 0 Å². The smallest absolute Gasteiger partial charge is 0.123 e. The summed E-state index contributed by atoms with van der Waals surface area (Å²) in [5.74, 6) is 0.453. The van der Waals surface area contributed by atoms with Gasteiger partial charge in [-0.15, -0.1) is 0 Å². The van der Waals surface area contributed by atoms with Crippen molar-refractivity contribution in [3.8, 4) is 0 Å². The van der Waals surface area contributed by atoms with Crippen molar-refractivity contribution in [2.75, 3.05) is 0 Å². The summed E-state index contributed by atoms with van der Waals surface area (Å²) in [4.78, 5) is 0. The molecule has 96 valence electrons. The predicted molar refractivity (Wildman–Crippen MR) is 71.5 cm³/mol. The summed E-state index contributed by atoms with van der Waals surface area (Å²) in [5, 5.41) is 3.67. The average Bonchev–Trinajstić information content (AvgIpc) is 2.32. The molecule has 17 heavy (non-hydrogen) atoms. The molecule has 0 aliphatic carbocycles. The van der Waals surface area contributed by atoms with Gasteiger partial charge in [0.25, 0.3) is 0 Å². The average molecular weight is 237 g/mol. The third kappa shape index (κ3) is 4.12. The van der Waals surface area contributed by atoms with Crippen molar-refractivity contribution >= 4 is 0 Å². The molecule has 0 bridgehead atoms. The van der Waals surface area contributed by atoms with Crippen LogP contribution in [0.25, 0.3) is 0 Å². The Morgan fingerprint density at radius 1 is 1.06 bits per heavy atom. The van der Waals surface area contributed by atoms with Crippen LogP contribution in [-0.2, 0) is 0 Å². The Kier molecular flexibility index (Phi) is 5.63. The van der Waals surface area contributed by atoms with Gasteiger partial charge < -0.3 is 5.32 Å². The lowest BCUT2D eigenvalue weighted by Gasteiger charge is -2.27. The maximum absolute atomic E-state index is 12.9. The van der Waals surface area contributed by atoms with E-state index in [0.29, 0.717) is 18.0 Å². The molecule has 1 N–H and O–H groups in total. The molecule has 1 nitrogen and oxygen atoms in total. The van der Waals surface area contributed by atoms with E-state index in [-0.39, 0.29) is 5.82 Å². The molecule has 1 aromatic carbocycles. The van der Waals surface area contributed by atoms with Crippen LogP contribution < -0.4 is 5.32 Å². The van der Waals surface area contributed by atoms with Crippen molar-refractivity contribution < 1.29 is 4.39 Å². The van der Waals surface area contributed by atoms with E-state index in [0.717, 1.165) is 12.8 Å². The maximum atomic E-state index is 12.9. The number of hydrogen-bond acceptors (Lipinski definition) is 1. The molecule has 2 atom stereocenters. The van der Waals surface area contributed by atoms with Crippen molar-refractivity contribution in [1.82, 2.24) is 5.32 Å². The molecule has 0 radical (unpaired) electrons. The van der Waals surface area contributed by atoms with Gasteiger partial charge in [-0.1, -0.05) is 39.8 Å². The van der Waals surface area contributed by atoms with Gasteiger partial charge >= 0.3 is 0 Å². The van der Waals surface area contributed by atoms with Crippen molar-refractivity contribution in [2.45, 2.75) is 52.6 Å². The highest BCUT2D eigenvalue weighted by Crippen LogP contribution is 2.20. The Morgan fingerprint density at radius 2 is 1.65 bits per heavy atom. The van der Waals surface area contributed by atoms with Crippen LogP contribution in [-0.4, -0.2) is 6.04 Å². The fourth-order valence-corrected chi connectivity index (χ4v) is 2.18. The van der Waals surface area contributed by atoms with E-state index in [1.807, 2.05) is 12.1 Å². The van der Waals surface area contributed by atoms with Crippen molar-refractivity contribution in [3.05, 3.63) is 35.6 Å². The van der Waals surface area contributed by atoms with Gasteiger partial charge in [0.05, 0.1) is 0 Å². The molecule has 0 fully saturated rings. The molecule has 1 rings (SSSR count). The third-order valence-electron chi connectivity index (χ3n) is 3.34. The number of hydrogen-bond donors (Lipinski definition) is 1. The van der Waals surface area contributed by atoms with Crippen LogP contribution in [0.2, 0.25) is 0 Å². The van der Waals surface area contributed by atoms with E-state index in [1.54, 1.807) is 0 Å². The molecule has 0 aliphatic heterocycles. The number of benzene rings is 1.